The lowest BCUT2D eigenvalue weighted by molar-refractivity contribution is -0.127. The number of hydrogen-bond donors (Lipinski definition) is 2. The van der Waals surface area contributed by atoms with E-state index in [0.717, 1.165) is 32.4 Å². The van der Waals surface area contributed by atoms with Gasteiger partial charge in [0.1, 0.15) is 0 Å². The number of nitrogens with two attached hydrogens (primary N) is 1. The van der Waals surface area contributed by atoms with Crippen LogP contribution in [0.2, 0.25) is 0 Å². The van der Waals surface area contributed by atoms with Crippen molar-refractivity contribution in [1.82, 2.24) is 10.2 Å². The van der Waals surface area contributed by atoms with E-state index in [4.69, 9.17) is 5.73 Å². The first-order chi connectivity index (χ1) is 10.1. The third-order valence-electron chi connectivity index (χ3n) is 4.11. The quantitative estimate of drug-likeness (QED) is 0.823. The second kappa shape index (κ2) is 7.56. The number of thiophene rings is 1. The molecule has 1 aliphatic rings. The summed E-state index contributed by atoms with van der Waals surface area (Å²) in [5, 5.41) is 5.06. The Balaban J connectivity index is 1.69. The van der Waals surface area contributed by atoms with Gasteiger partial charge in [-0.2, -0.15) is 0 Å². The summed E-state index contributed by atoms with van der Waals surface area (Å²) in [6.45, 7) is 4.03. The lowest BCUT2D eigenvalue weighted by Gasteiger charge is -2.34. The summed E-state index contributed by atoms with van der Waals surface area (Å²) < 4.78 is 0. The van der Waals surface area contributed by atoms with Gasteiger partial charge in [-0.15, -0.1) is 11.3 Å². The van der Waals surface area contributed by atoms with Crippen LogP contribution in [0.1, 0.15) is 24.6 Å². The maximum absolute atomic E-state index is 12.1. The largest absolute Gasteiger partial charge is 0.368 e. The van der Waals surface area contributed by atoms with Gasteiger partial charge in [0.2, 0.25) is 11.8 Å². The predicted molar refractivity (Wildman–Crippen MR) is 84.0 cm³/mol. The molecule has 116 valence electrons. The fourth-order valence-corrected chi connectivity index (χ4v) is 3.35. The number of nitrogens with one attached hydrogen (secondary N) is 1. The molecule has 2 heterocycles. The van der Waals surface area contributed by atoms with Gasteiger partial charge >= 0.3 is 0 Å². The summed E-state index contributed by atoms with van der Waals surface area (Å²) >= 11 is 1.71. The number of hydrogen-bond acceptors (Lipinski definition) is 4. The lowest BCUT2D eigenvalue weighted by Crippen LogP contribution is -2.48. The maximum Gasteiger partial charge on any atom is 0.234 e. The highest BCUT2D eigenvalue weighted by molar-refractivity contribution is 7.09. The summed E-state index contributed by atoms with van der Waals surface area (Å²) in [5.41, 5.74) is 5.31. The SMILES string of the molecule is C[C@H](C(N)=O)N1CCC(C(=O)NCCc2cccs2)CC1. The van der Waals surface area contributed by atoms with Crippen molar-refractivity contribution < 1.29 is 9.59 Å². The number of piperidine rings is 1. The van der Waals surface area contributed by atoms with E-state index in [9.17, 15) is 9.59 Å². The van der Waals surface area contributed by atoms with E-state index < -0.39 is 0 Å². The minimum absolute atomic E-state index is 0.0599. The monoisotopic (exact) mass is 309 g/mol. The van der Waals surface area contributed by atoms with E-state index in [1.54, 1.807) is 11.3 Å². The molecule has 0 bridgehead atoms. The van der Waals surface area contributed by atoms with E-state index in [1.807, 2.05) is 18.4 Å². The molecule has 0 saturated carbocycles. The van der Waals surface area contributed by atoms with Gasteiger partial charge in [-0.25, -0.2) is 0 Å². The highest BCUT2D eigenvalue weighted by atomic mass is 32.1. The third-order valence-corrected chi connectivity index (χ3v) is 5.05. The molecule has 1 atom stereocenters. The molecule has 1 aromatic rings. The van der Waals surface area contributed by atoms with Crippen LogP contribution in [0.15, 0.2) is 17.5 Å². The molecular weight excluding hydrogens is 286 g/mol. The first-order valence-corrected chi connectivity index (χ1v) is 8.29. The Bertz CT molecular complexity index is 467. The topological polar surface area (TPSA) is 75.4 Å². The van der Waals surface area contributed by atoms with Crippen LogP contribution in [-0.4, -0.2) is 42.4 Å². The van der Waals surface area contributed by atoms with Crippen LogP contribution < -0.4 is 11.1 Å². The Morgan fingerprint density at radius 2 is 2.19 bits per heavy atom. The van der Waals surface area contributed by atoms with Gasteiger partial charge in [-0.1, -0.05) is 6.07 Å². The maximum atomic E-state index is 12.1. The highest BCUT2D eigenvalue weighted by Crippen LogP contribution is 2.19. The Morgan fingerprint density at radius 1 is 1.48 bits per heavy atom. The molecule has 2 amide bonds. The molecule has 1 aliphatic heterocycles. The molecule has 5 nitrogen and oxygen atoms in total. The van der Waals surface area contributed by atoms with Crippen molar-refractivity contribution >= 4 is 23.2 Å². The number of amides is 2. The van der Waals surface area contributed by atoms with Crippen molar-refractivity contribution in [2.75, 3.05) is 19.6 Å². The average Bonchev–Trinajstić information content (AvgIpc) is 2.99. The molecule has 2 rings (SSSR count). The molecule has 21 heavy (non-hydrogen) atoms. The molecule has 0 aromatic carbocycles. The molecule has 0 spiro atoms. The van der Waals surface area contributed by atoms with Crippen LogP contribution in [0, 0.1) is 5.92 Å². The van der Waals surface area contributed by atoms with E-state index in [-0.39, 0.29) is 23.8 Å². The Hall–Kier alpha value is -1.40. The number of carbonyl (C=O) groups is 2. The summed E-state index contributed by atoms with van der Waals surface area (Å²) in [7, 11) is 0. The van der Waals surface area contributed by atoms with Crippen molar-refractivity contribution in [3.05, 3.63) is 22.4 Å². The highest BCUT2D eigenvalue weighted by Gasteiger charge is 2.28. The van der Waals surface area contributed by atoms with Crippen molar-refractivity contribution in [3.8, 4) is 0 Å². The van der Waals surface area contributed by atoms with Crippen LogP contribution in [0.4, 0.5) is 0 Å². The average molecular weight is 309 g/mol. The standard InChI is InChI=1S/C15H23N3O2S/c1-11(14(16)19)18-8-5-12(6-9-18)15(20)17-7-4-13-3-2-10-21-13/h2-3,10-12H,4-9H2,1H3,(H2,16,19)(H,17,20)/t11-/m1/s1. The summed E-state index contributed by atoms with van der Waals surface area (Å²) in [6, 6.07) is 3.87. The van der Waals surface area contributed by atoms with Crippen molar-refractivity contribution in [3.63, 3.8) is 0 Å². The molecule has 0 aliphatic carbocycles. The fraction of sp³-hybridized carbons (Fsp3) is 0.600. The van der Waals surface area contributed by atoms with Crippen molar-refractivity contribution in [1.29, 1.82) is 0 Å². The summed E-state index contributed by atoms with van der Waals surface area (Å²) in [4.78, 5) is 26.6. The minimum atomic E-state index is -0.297. The van der Waals surface area contributed by atoms with Gasteiger partial charge in [0.15, 0.2) is 0 Å². The van der Waals surface area contributed by atoms with Gasteiger partial charge in [0.25, 0.3) is 0 Å². The van der Waals surface area contributed by atoms with Crippen molar-refractivity contribution in [2.45, 2.75) is 32.2 Å². The Labute approximate surface area is 129 Å². The number of likely N-dealkylation sites (tertiary alicyclic amines) is 1. The number of primary amides is 1. The van der Waals surface area contributed by atoms with Crippen LogP contribution in [0.5, 0.6) is 0 Å². The summed E-state index contributed by atoms with van der Waals surface area (Å²) in [6.07, 6.45) is 2.48. The molecular formula is C15H23N3O2S. The molecule has 1 fully saturated rings. The zero-order chi connectivity index (χ0) is 15.2. The first-order valence-electron chi connectivity index (χ1n) is 7.41. The minimum Gasteiger partial charge on any atom is -0.368 e. The molecule has 1 aromatic heterocycles. The Kier molecular flexibility index (Phi) is 5.76. The molecule has 0 radical (unpaired) electrons. The van der Waals surface area contributed by atoms with E-state index >= 15 is 0 Å². The van der Waals surface area contributed by atoms with Crippen LogP contribution in [-0.2, 0) is 16.0 Å². The molecule has 6 heteroatoms. The first kappa shape index (κ1) is 16.0. The van der Waals surface area contributed by atoms with E-state index in [0.29, 0.717) is 6.54 Å². The van der Waals surface area contributed by atoms with Crippen molar-refractivity contribution in [2.24, 2.45) is 11.7 Å². The zero-order valence-corrected chi connectivity index (χ0v) is 13.2. The fourth-order valence-electron chi connectivity index (χ4n) is 2.64. The molecule has 0 unspecified atom stereocenters. The van der Waals surface area contributed by atoms with E-state index in [2.05, 4.69) is 16.3 Å². The van der Waals surface area contributed by atoms with E-state index in [1.165, 1.54) is 4.88 Å². The van der Waals surface area contributed by atoms with Gasteiger partial charge in [0, 0.05) is 17.3 Å². The van der Waals surface area contributed by atoms with Gasteiger partial charge in [-0.05, 0) is 50.7 Å². The van der Waals surface area contributed by atoms with Gasteiger partial charge in [0.05, 0.1) is 6.04 Å². The third kappa shape index (κ3) is 4.54. The van der Waals surface area contributed by atoms with Gasteiger partial charge < -0.3 is 11.1 Å². The van der Waals surface area contributed by atoms with Gasteiger partial charge in [-0.3, -0.25) is 14.5 Å². The second-order valence-corrected chi connectivity index (χ2v) is 6.54. The van der Waals surface area contributed by atoms with Crippen LogP contribution in [0.25, 0.3) is 0 Å². The normalized spacial score (nSPS) is 18.3. The van der Waals surface area contributed by atoms with Crippen LogP contribution >= 0.6 is 11.3 Å². The smallest absolute Gasteiger partial charge is 0.234 e. The number of nitrogens with zero attached hydrogens (tertiary/aromatic N) is 1. The van der Waals surface area contributed by atoms with Crippen LogP contribution in [0.3, 0.4) is 0 Å². The molecule has 1 saturated heterocycles. The molecule has 3 N–H and O–H groups in total. The number of rotatable bonds is 6. The second-order valence-electron chi connectivity index (χ2n) is 5.51. The lowest BCUT2D eigenvalue weighted by atomic mass is 9.95. The zero-order valence-electron chi connectivity index (χ0n) is 12.4. The summed E-state index contributed by atoms with van der Waals surface area (Å²) in [5.74, 6) is -0.101. The Morgan fingerprint density at radius 3 is 2.76 bits per heavy atom. The number of carbonyl (C=O) groups excluding carboxylic acids is 2. The predicted octanol–water partition coefficient (Wildman–Crippen LogP) is 0.993.